The third-order valence-electron chi connectivity index (χ3n) is 2.56. The zero-order chi connectivity index (χ0) is 12.1. The van der Waals surface area contributed by atoms with Crippen LogP contribution < -0.4 is 5.73 Å². The predicted octanol–water partition coefficient (Wildman–Crippen LogP) is 0.448. The molecule has 0 saturated heterocycles. The molecule has 1 atom stereocenters. The summed E-state index contributed by atoms with van der Waals surface area (Å²) in [5.74, 6) is -0.900. The fourth-order valence-electron chi connectivity index (χ4n) is 1.75. The second-order valence-electron chi connectivity index (χ2n) is 3.62. The van der Waals surface area contributed by atoms with Crippen LogP contribution in [0, 0.1) is 10.1 Å². The van der Waals surface area contributed by atoms with Crippen molar-refractivity contribution in [1.29, 1.82) is 0 Å². The Kier molecular flexibility index (Phi) is 3.98. The topological polar surface area (TPSA) is 119 Å². The maximum atomic E-state index is 10.8. The molecule has 16 heavy (non-hydrogen) atoms. The van der Waals surface area contributed by atoms with E-state index in [1.807, 2.05) is 0 Å². The van der Waals surface area contributed by atoms with Crippen LogP contribution in [-0.2, 0) is 4.79 Å². The zero-order valence-electron chi connectivity index (χ0n) is 8.63. The summed E-state index contributed by atoms with van der Waals surface area (Å²) >= 11 is 0. The Morgan fingerprint density at radius 3 is 2.81 bits per heavy atom. The third-order valence-corrected chi connectivity index (χ3v) is 2.56. The molecular weight excluding hydrogens is 214 g/mol. The average molecular weight is 227 g/mol. The molecule has 0 heterocycles. The standard InChI is InChI=1S/C9H13N3O4/c10-9(13)7(11-14)5-6-3-1-2-4-8(6)12(15)16/h5,8,14H,1-4H2,(H2,10,13)/b6-5+,11-7+. The summed E-state index contributed by atoms with van der Waals surface area (Å²) in [6.07, 6.45) is 3.79. The van der Waals surface area contributed by atoms with Crippen molar-refractivity contribution < 1.29 is 14.9 Å². The van der Waals surface area contributed by atoms with E-state index in [1.54, 1.807) is 0 Å². The van der Waals surface area contributed by atoms with E-state index in [4.69, 9.17) is 10.9 Å². The Labute approximate surface area is 91.8 Å². The molecule has 1 rings (SSSR count). The van der Waals surface area contributed by atoms with Gasteiger partial charge in [-0.05, 0) is 25.3 Å². The van der Waals surface area contributed by atoms with Gasteiger partial charge in [0.1, 0.15) is 0 Å². The highest BCUT2D eigenvalue weighted by Crippen LogP contribution is 2.25. The molecule has 1 aliphatic carbocycles. The lowest BCUT2D eigenvalue weighted by molar-refractivity contribution is -0.514. The summed E-state index contributed by atoms with van der Waals surface area (Å²) in [4.78, 5) is 21.2. The van der Waals surface area contributed by atoms with Crippen molar-refractivity contribution in [2.45, 2.75) is 31.7 Å². The molecule has 1 unspecified atom stereocenters. The maximum Gasteiger partial charge on any atom is 0.270 e. The first kappa shape index (κ1) is 12.2. The number of amides is 1. The van der Waals surface area contributed by atoms with Crippen molar-refractivity contribution in [2.24, 2.45) is 10.9 Å². The van der Waals surface area contributed by atoms with Crippen molar-refractivity contribution in [3.63, 3.8) is 0 Å². The Morgan fingerprint density at radius 1 is 1.62 bits per heavy atom. The molecule has 0 aliphatic heterocycles. The molecule has 0 spiro atoms. The fourth-order valence-corrected chi connectivity index (χ4v) is 1.75. The number of nitrogens with zero attached hydrogens (tertiary/aromatic N) is 2. The van der Waals surface area contributed by atoms with Crippen LogP contribution in [0.2, 0.25) is 0 Å². The van der Waals surface area contributed by atoms with E-state index in [0.717, 1.165) is 12.8 Å². The minimum absolute atomic E-state index is 0.344. The van der Waals surface area contributed by atoms with Gasteiger partial charge in [0, 0.05) is 16.9 Å². The number of hydrogen-bond acceptors (Lipinski definition) is 5. The first-order valence-electron chi connectivity index (χ1n) is 4.92. The van der Waals surface area contributed by atoms with Gasteiger partial charge >= 0.3 is 0 Å². The third kappa shape index (κ3) is 2.78. The molecule has 1 saturated carbocycles. The lowest BCUT2D eigenvalue weighted by Crippen LogP contribution is -2.28. The number of primary amides is 1. The molecule has 88 valence electrons. The minimum atomic E-state index is -0.900. The summed E-state index contributed by atoms with van der Waals surface area (Å²) in [5.41, 5.74) is 5.09. The number of carbonyl (C=O) groups is 1. The molecule has 1 amide bonds. The van der Waals surface area contributed by atoms with Gasteiger partial charge in [-0.1, -0.05) is 5.16 Å². The van der Waals surface area contributed by atoms with Gasteiger partial charge in [-0.2, -0.15) is 0 Å². The average Bonchev–Trinajstić information content (AvgIpc) is 2.25. The van der Waals surface area contributed by atoms with E-state index in [1.165, 1.54) is 6.08 Å². The highest BCUT2D eigenvalue weighted by atomic mass is 16.6. The van der Waals surface area contributed by atoms with Crippen molar-refractivity contribution >= 4 is 11.6 Å². The van der Waals surface area contributed by atoms with Crippen LogP contribution in [-0.4, -0.2) is 27.8 Å². The molecule has 0 aromatic carbocycles. The largest absolute Gasteiger partial charge is 0.410 e. The van der Waals surface area contributed by atoms with E-state index < -0.39 is 11.9 Å². The van der Waals surface area contributed by atoms with Gasteiger partial charge in [-0.3, -0.25) is 14.9 Å². The summed E-state index contributed by atoms with van der Waals surface area (Å²) < 4.78 is 0. The fraction of sp³-hybridized carbons (Fsp3) is 0.556. The van der Waals surface area contributed by atoms with Gasteiger partial charge in [0.2, 0.25) is 6.04 Å². The summed E-state index contributed by atoms with van der Waals surface area (Å²) in [6.45, 7) is 0. The highest BCUT2D eigenvalue weighted by molar-refractivity contribution is 6.42. The Hall–Kier alpha value is -1.92. The van der Waals surface area contributed by atoms with E-state index in [0.29, 0.717) is 18.4 Å². The van der Waals surface area contributed by atoms with E-state index in [9.17, 15) is 14.9 Å². The van der Waals surface area contributed by atoms with Gasteiger partial charge in [-0.15, -0.1) is 0 Å². The first-order chi connectivity index (χ1) is 7.56. The molecule has 1 aliphatic rings. The second-order valence-corrected chi connectivity index (χ2v) is 3.62. The van der Waals surface area contributed by atoms with Gasteiger partial charge in [0.05, 0.1) is 0 Å². The molecule has 7 nitrogen and oxygen atoms in total. The lowest BCUT2D eigenvalue weighted by Gasteiger charge is -2.18. The van der Waals surface area contributed by atoms with Crippen LogP contribution in [0.3, 0.4) is 0 Å². The Bertz CT molecular complexity index is 362. The van der Waals surface area contributed by atoms with E-state index in [2.05, 4.69) is 5.16 Å². The SMILES string of the molecule is NC(=O)C(/C=C1\CCCCC1[N+](=O)[O-])=N/O. The molecule has 0 radical (unpaired) electrons. The van der Waals surface area contributed by atoms with Crippen molar-refractivity contribution in [3.05, 3.63) is 21.8 Å². The number of hydrogen-bond donors (Lipinski definition) is 2. The van der Waals surface area contributed by atoms with Gasteiger partial charge < -0.3 is 10.9 Å². The molecular formula is C9H13N3O4. The second kappa shape index (κ2) is 5.24. The number of carbonyl (C=O) groups excluding carboxylic acids is 1. The van der Waals surface area contributed by atoms with E-state index in [-0.39, 0.29) is 10.6 Å². The number of oxime groups is 1. The summed E-state index contributed by atoms with van der Waals surface area (Å²) in [7, 11) is 0. The van der Waals surface area contributed by atoms with E-state index >= 15 is 0 Å². The van der Waals surface area contributed by atoms with Crippen LogP contribution in [0.25, 0.3) is 0 Å². The number of nitrogens with two attached hydrogens (primary N) is 1. The van der Waals surface area contributed by atoms with Crippen LogP contribution >= 0.6 is 0 Å². The van der Waals surface area contributed by atoms with Crippen molar-refractivity contribution in [3.8, 4) is 0 Å². The highest BCUT2D eigenvalue weighted by Gasteiger charge is 2.29. The van der Waals surface area contributed by atoms with Crippen LogP contribution in [0.5, 0.6) is 0 Å². The molecule has 0 aromatic rings. The van der Waals surface area contributed by atoms with Gasteiger partial charge in [0.15, 0.2) is 5.71 Å². The van der Waals surface area contributed by atoms with Gasteiger partial charge in [-0.25, -0.2) is 0 Å². The Balaban J connectivity index is 2.94. The quantitative estimate of drug-likeness (QED) is 0.314. The molecule has 3 N–H and O–H groups in total. The normalized spacial score (nSPS) is 24.4. The van der Waals surface area contributed by atoms with Crippen LogP contribution in [0.1, 0.15) is 25.7 Å². The smallest absolute Gasteiger partial charge is 0.270 e. The number of rotatable bonds is 3. The maximum absolute atomic E-state index is 10.8. The van der Waals surface area contributed by atoms with Crippen LogP contribution in [0.4, 0.5) is 0 Å². The summed E-state index contributed by atoms with van der Waals surface area (Å²) in [6, 6.07) is -0.801. The molecule has 1 fully saturated rings. The molecule has 0 aromatic heterocycles. The molecule has 0 bridgehead atoms. The Morgan fingerprint density at radius 2 is 2.31 bits per heavy atom. The molecule has 7 heteroatoms. The number of nitro groups is 1. The first-order valence-corrected chi connectivity index (χ1v) is 4.92. The lowest BCUT2D eigenvalue weighted by atomic mass is 9.89. The monoisotopic (exact) mass is 227 g/mol. The zero-order valence-corrected chi connectivity index (χ0v) is 8.63. The predicted molar refractivity (Wildman–Crippen MR) is 55.7 cm³/mol. The summed E-state index contributed by atoms with van der Waals surface area (Å²) in [5, 5.41) is 22.0. The van der Waals surface area contributed by atoms with Crippen molar-refractivity contribution in [1.82, 2.24) is 0 Å². The minimum Gasteiger partial charge on any atom is -0.410 e. The van der Waals surface area contributed by atoms with Crippen LogP contribution in [0.15, 0.2) is 16.8 Å². The van der Waals surface area contributed by atoms with Gasteiger partial charge in [0.25, 0.3) is 5.91 Å². The van der Waals surface area contributed by atoms with Crippen molar-refractivity contribution in [2.75, 3.05) is 0 Å².